The molecule has 0 amide bonds. The highest BCUT2D eigenvalue weighted by Crippen LogP contribution is 2.43. The largest absolute Gasteiger partial charge is 0.489 e. The van der Waals surface area contributed by atoms with Crippen molar-refractivity contribution in [2.45, 2.75) is 26.1 Å². The Hall–Kier alpha value is -2.38. The van der Waals surface area contributed by atoms with E-state index in [1.807, 2.05) is 50.2 Å². The summed E-state index contributed by atoms with van der Waals surface area (Å²) in [6.45, 7) is 4.68. The van der Waals surface area contributed by atoms with E-state index in [0.29, 0.717) is 11.5 Å². The highest BCUT2D eigenvalue weighted by molar-refractivity contribution is 6.11. The number of hydrogen-bond acceptors (Lipinski definition) is 6. The van der Waals surface area contributed by atoms with E-state index in [-0.39, 0.29) is 26.4 Å². The molecule has 6 heteroatoms. The summed E-state index contributed by atoms with van der Waals surface area (Å²) in [6.07, 6.45) is -1.45. The van der Waals surface area contributed by atoms with Crippen LogP contribution in [0.25, 0.3) is 21.5 Å². The molecular formula is C24H30O6. The zero-order valence-corrected chi connectivity index (χ0v) is 18.0. The predicted molar refractivity (Wildman–Crippen MR) is 118 cm³/mol. The molecule has 0 saturated heterocycles. The standard InChI is InChI=1S/C24H30O6/c1-15-5-7-19-21(9-15)23(29-13-17(25)11-27-3)20-8-6-16(2)10-22(20)24(19)30-14-18(26)12-28-4/h5-10,17-18,25-26H,11-14H2,1-4H3. The van der Waals surface area contributed by atoms with Gasteiger partial charge in [0.25, 0.3) is 0 Å². The lowest BCUT2D eigenvalue weighted by Crippen LogP contribution is -2.23. The number of fused-ring (bicyclic) bond motifs is 2. The molecule has 6 nitrogen and oxygen atoms in total. The first kappa shape index (κ1) is 22.3. The maximum Gasteiger partial charge on any atom is 0.135 e. The number of aryl methyl sites for hydroxylation is 2. The minimum Gasteiger partial charge on any atom is -0.489 e. The third-order valence-electron chi connectivity index (χ3n) is 4.89. The topological polar surface area (TPSA) is 77.4 Å². The average Bonchev–Trinajstić information content (AvgIpc) is 2.71. The van der Waals surface area contributed by atoms with Crippen molar-refractivity contribution in [1.29, 1.82) is 0 Å². The first-order valence-corrected chi connectivity index (χ1v) is 10.0. The van der Waals surface area contributed by atoms with Crippen LogP contribution in [0, 0.1) is 13.8 Å². The van der Waals surface area contributed by atoms with Gasteiger partial charge in [-0.2, -0.15) is 0 Å². The van der Waals surface area contributed by atoms with E-state index in [0.717, 1.165) is 32.7 Å². The van der Waals surface area contributed by atoms with E-state index >= 15 is 0 Å². The minimum absolute atomic E-state index is 0.118. The summed E-state index contributed by atoms with van der Waals surface area (Å²) in [5, 5.41) is 23.7. The summed E-state index contributed by atoms with van der Waals surface area (Å²) in [7, 11) is 3.09. The molecule has 3 aromatic rings. The van der Waals surface area contributed by atoms with Crippen LogP contribution < -0.4 is 9.47 Å². The monoisotopic (exact) mass is 414 g/mol. The third-order valence-corrected chi connectivity index (χ3v) is 4.89. The van der Waals surface area contributed by atoms with Gasteiger partial charge in [-0.3, -0.25) is 0 Å². The van der Waals surface area contributed by atoms with Crippen LogP contribution in [0.4, 0.5) is 0 Å². The van der Waals surface area contributed by atoms with Crippen LogP contribution in [0.1, 0.15) is 11.1 Å². The predicted octanol–water partition coefficient (Wildman–Crippen LogP) is 3.38. The lowest BCUT2D eigenvalue weighted by molar-refractivity contribution is 0.0327. The molecule has 2 unspecified atom stereocenters. The second-order valence-corrected chi connectivity index (χ2v) is 7.60. The molecule has 3 rings (SSSR count). The zero-order valence-electron chi connectivity index (χ0n) is 18.0. The molecule has 0 bridgehead atoms. The summed E-state index contributed by atoms with van der Waals surface area (Å²) in [6, 6.07) is 12.1. The van der Waals surface area contributed by atoms with E-state index in [1.54, 1.807) is 14.2 Å². The van der Waals surface area contributed by atoms with Crippen LogP contribution in [0.15, 0.2) is 36.4 Å². The Bertz CT molecular complexity index is 919. The van der Waals surface area contributed by atoms with Gasteiger partial charge in [0.05, 0.1) is 13.2 Å². The summed E-state index contributed by atoms with van der Waals surface area (Å²) >= 11 is 0. The maximum absolute atomic E-state index is 10.1. The molecule has 0 heterocycles. The SMILES string of the molecule is COCC(O)COc1c2ccc(C)cc2c(OCC(O)COC)c2ccc(C)cc12. The summed E-state index contributed by atoms with van der Waals surface area (Å²) in [4.78, 5) is 0. The Morgan fingerprint density at radius 2 is 1.03 bits per heavy atom. The van der Waals surface area contributed by atoms with E-state index in [1.165, 1.54) is 0 Å². The lowest BCUT2D eigenvalue weighted by Gasteiger charge is -2.20. The number of aliphatic hydroxyl groups is 2. The molecule has 0 aliphatic carbocycles. The highest BCUT2D eigenvalue weighted by atomic mass is 16.5. The molecule has 3 aromatic carbocycles. The highest BCUT2D eigenvalue weighted by Gasteiger charge is 2.19. The van der Waals surface area contributed by atoms with Crippen molar-refractivity contribution in [3.63, 3.8) is 0 Å². The average molecular weight is 414 g/mol. The van der Waals surface area contributed by atoms with Gasteiger partial charge in [-0.05, 0) is 26.0 Å². The Balaban J connectivity index is 2.15. The van der Waals surface area contributed by atoms with Crippen molar-refractivity contribution in [3.05, 3.63) is 47.5 Å². The summed E-state index contributed by atoms with van der Waals surface area (Å²) < 4.78 is 22.2. The number of methoxy groups -OCH3 is 2. The summed E-state index contributed by atoms with van der Waals surface area (Å²) in [5.74, 6) is 1.40. The lowest BCUT2D eigenvalue weighted by atomic mass is 9.97. The van der Waals surface area contributed by atoms with E-state index in [4.69, 9.17) is 18.9 Å². The van der Waals surface area contributed by atoms with Gasteiger partial charge in [0.15, 0.2) is 0 Å². The van der Waals surface area contributed by atoms with Gasteiger partial charge in [0, 0.05) is 35.8 Å². The number of benzene rings is 3. The first-order chi connectivity index (χ1) is 14.4. The van der Waals surface area contributed by atoms with Crippen LogP contribution in [0.5, 0.6) is 11.5 Å². The van der Waals surface area contributed by atoms with Crippen molar-refractivity contribution in [2.24, 2.45) is 0 Å². The van der Waals surface area contributed by atoms with E-state index in [9.17, 15) is 10.2 Å². The van der Waals surface area contributed by atoms with Gasteiger partial charge in [-0.25, -0.2) is 0 Å². The quantitative estimate of drug-likeness (QED) is 0.495. The molecular weight excluding hydrogens is 384 g/mol. The number of hydrogen-bond donors (Lipinski definition) is 2. The molecule has 0 spiro atoms. The molecule has 0 radical (unpaired) electrons. The second kappa shape index (κ2) is 10.1. The molecule has 0 fully saturated rings. The van der Waals surface area contributed by atoms with Crippen molar-refractivity contribution in [1.82, 2.24) is 0 Å². The third kappa shape index (κ3) is 5.02. The Kier molecular flexibility index (Phi) is 7.50. The van der Waals surface area contributed by atoms with Gasteiger partial charge in [0.2, 0.25) is 0 Å². The molecule has 2 atom stereocenters. The fraction of sp³-hybridized carbons (Fsp3) is 0.417. The molecule has 0 aliphatic heterocycles. The van der Waals surface area contributed by atoms with Crippen LogP contribution in [0.2, 0.25) is 0 Å². The molecule has 2 N–H and O–H groups in total. The second-order valence-electron chi connectivity index (χ2n) is 7.60. The Labute approximate surface area is 176 Å². The van der Waals surface area contributed by atoms with Gasteiger partial charge in [-0.1, -0.05) is 35.4 Å². The van der Waals surface area contributed by atoms with Gasteiger partial charge in [0.1, 0.15) is 36.9 Å². The van der Waals surface area contributed by atoms with Crippen LogP contribution in [-0.2, 0) is 9.47 Å². The fourth-order valence-electron chi connectivity index (χ4n) is 3.53. The zero-order chi connectivity index (χ0) is 21.7. The van der Waals surface area contributed by atoms with Gasteiger partial charge < -0.3 is 29.2 Å². The normalized spacial score (nSPS) is 13.5. The minimum atomic E-state index is -0.726. The Morgan fingerprint density at radius 1 is 0.633 bits per heavy atom. The van der Waals surface area contributed by atoms with Crippen molar-refractivity contribution in [3.8, 4) is 11.5 Å². The van der Waals surface area contributed by atoms with Gasteiger partial charge in [-0.15, -0.1) is 0 Å². The fourth-order valence-corrected chi connectivity index (χ4v) is 3.53. The van der Waals surface area contributed by atoms with E-state index in [2.05, 4.69) is 0 Å². The van der Waals surface area contributed by atoms with Gasteiger partial charge >= 0.3 is 0 Å². The Morgan fingerprint density at radius 3 is 1.40 bits per heavy atom. The number of ether oxygens (including phenoxy) is 4. The number of aliphatic hydroxyl groups excluding tert-OH is 2. The molecule has 0 saturated carbocycles. The van der Waals surface area contributed by atoms with Crippen molar-refractivity contribution >= 4 is 21.5 Å². The number of rotatable bonds is 10. The molecule has 0 aliphatic rings. The molecule has 30 heavy (non-hydrogen) atoms. The summed E-state index contributed by atoms with van der Waals surface area (Å²) in [5.41, 5.74) is 2.17. The van der Waals surface area contributed by atoms with Crippen molar-refractivity contribution in [2.75, 3.05) is 40.6 Å². The van der Waals surface area contributed by atoms with E-state index < -0.39 is 12.2 Å². The van der Waals surface area contributed by atoms with Crippen molar-refractivity contribution < 1.29 is 29.2 Å². The molecule has 162 valence electrons. The maximum atomic E-state index is 10.1. The molecule has 0 aromatic heterocycles. The van der Waals surface area contributed by atoms with Crippen LogP contribution >= 0.6 is 0 Å². The van der Waals surface area contributed by atoms with Crippen LogP contribution in [-0.4, -0.2) is 63.1 Å². The first-order valence-electron chi connectivity index (χ1n) is 10.0. The smallest absolute Gasteiger partial charge is 0.135 e. The van der Waals surface area contributed by atoms with Crippen LogP contribution in [0.3, 0.4) is 0 Å².